The van der Waals surface area contributed by atoms with Crippen molar-refractivity contribution in [1.82, 2.24) is 0 Å². The second kappa shape index (κ2) is 4.42. The van der Waals surface area contributed by atoms with Gasteiger partial charge in [0, 0.05) is 9.26 Å². The lowest BCUT2D eigenvalue weighted by atomic mass is 10.3. The van der Waals surface area contributed by atoms with Gasteiger partial charge in [-0.3, -0.25) is 4.79 Å². The molecule has 0 heterocycles. The Bertz CT molecular complexity index is 271. The predicted octanol–water partition coefficient (Wildman–Crippen LogP) is 1.19. The summed E-state index contributed by atoms with van der Waals surface area (Å²) in [4.78, 5) is 10.8. The van der Waals surface area contributed by atoms with Crippen molar-refractivity contribution in [3.05, 3.63) is 27.8 Å². The third-order valence-electron chi connectivity index (χ3n) is 1.31. The zero-order valence-corrected chi connectivity index (χ0v) is 8.54. The Morgan fingerprint density at radius 2 is 2.00 bits per heavy atom. The highest BCUT2D eigenvalue weighted by atomic mass is 127. The van der Waals surface area contributed by atoms with Crippen LogP contribution in [0, 0.1) is 3.57 Å². The highest BCUT2D eigenvalue weighted by molar-refractivity contribution is 14.1. The van der Waals surface area contributed by atoms with Crippen LogP contribution in [0.3, 0.4) is 0 Å². The maximum absolute atomic E-state index is 10.8. The molecule has 0 unspecified atom stereocenters. The minimum atomic E-state index is -0.170. The van der Waals surface area contributed by atoms with Gasteiger partial charge in [0.1, 0.15) is 0 Å². The molecule has 0 spiro atoms. The lowest BCUT2D eigenvalue weighted by molar-refractivity contribution is -0.114. The average molecular weight is 276 g/mol. The summed E-state index contributed by atoms with van der Waals surface area (Å²) in [6.07, 6.45) is 0. The van der Waals surface area contributed by atoms with Gasteiger partial charge >= 0.3 is 0 Å². The Hall–Kier alpha value is -0.620. The van der Waals surface area contributed by atoms with E-state index in [4.69, 9.17) is 5.73 Å². The fraction of sp³-hybridized carbons (Fsp3) is 0.125. The number of anilines is 1. The molecule has 0 atom stereocenters. The molecule has 3 N–H and O–H groups in total. The molecule has 0 saturated carbocycles. The first kappa shape index (κ1) is 9.47. The van der Waals surface area contributed by atoms with Crippen molar-refractivity contribution < 1.29 is 4.79 Å². The smallest absolute Gasteiger partial charge is 0.238 e. The van der Waals surface area contributed by atoms with Crippen LogP contribution in [-0.4, -0.2) is 12.5 Å². The highest BCUT2D eigenvalue weighted by Crippen LogP contribution is 2.10. The highest BCUT2D eigenvalue weighted by Gasteiger charge is 1.97. The van der Waals surface area contributed by atoms with Crippen molar-refractivity contribution in [3.8, 4) is 0 Å². The van der Waals surface area contributed by atoms with Gasteiger partial charge in [-0.2, -0.15) is 0 Å². The first-order chi connectivity index (χ1) is 5.72. The van der Waals surface area contributed by atoms with E-state index < -0.39 is 0 Å². The predicted molar refractivity (Wildman–Crippen MR) is 56.8 cm³/mol. The number of amides is 1. The van der Waals surface area contributed by atoms with Gasteiger partial charge < -0.3 is 11.1 Å². The van der Waals surface area contributed by atoms with Crippen LogP contribution in [0.25, 0.3) is 0 Å². The molecule has 0 fully saturated rings. The average Bonchev–Trinajstić information content (AvgIpc) is 2.09. The fourth-order valence-corrected chi connectivity index (χ4v) is 1.10. The van der Waals surface area contributed by atoms with Crippen LogP contribution in [0.15, 0.2) is 24.3 Å². The van der Waals surface area contributed by atoms with E-state index in [2.05, 4.69) is 27.9 Å². The summed E-state index contributed by atoms with van der Waals surface area (Å²) < 4.78 is 1.14. The number of hydrogen-bond acceptors (Lipinski definition) is 2. The largest absolute Gasteiger partial charge is 0.325 e. The normalized spacial score (nSPS) is 9.50. The Morgan fingerprint density at radius 1 is 1.42 bits per heavy atom. The van der Waals surface area contributed by atoms with Crippen LogP contribution in [0.1, 0.15) is 0 Å². The number of hydrogen-bond donors (Lipinski definition) is 2. The van der Waals surface area contributed by atoms with Gasteiger partial charge in [-0.05, 0) is 46.9 Å². The third kappa shape index (κ3) is 2.78. The summed E-state index contributed by atoms with van der Waals surface area (Å²) in [5.74, 6) is -0.170. The van der Waals surface area contributed by atoms with Crippen molar-refractivity contribution in [2.75, 3.05) is 11.9 Å². The number of benzene rings is 1. The molecular weight excluding hydrogens is 267 g/mol. The van der Waals surface area contributed by atoms with Crippen LogP contribution in [0.5, 0.6) is 0 Å². The fourth-order valence-electron chi connectivity index (χ4n) is 0.745. The summed E-state index contributed by atoms with van der Waals surface area (Å²) in [6, 6.07) is 7.53. The molecule has 0 aliphatic carbocycles. The maximum atomic E-state index is 10.8. The minimum Gasteiger partial charge on any atom is -0.325 e. The van der Waals surface area contributed by atoms with Crippen LogP contribution in [0.2, 0.25) is 0 Å². The number of carbonyl (C=O) groups is 1. The Morgan fingerprint density at radius 3 is 2.50 bits per heavy atom. The molecule has 1 aromatic rings. The number of carbonyl (C=O) groups excluding carboxylic acids is 1. The Labute approximate surface area is 84.5 Å². The number of nitrogens with two attached hydrogens (primary N) is 1. The van der Waals surface area contributed by atoms with Crippen molar-refractivity contribution in [2.45, 2.75) is 0 Å². The molecule has 4 heteroatoms. The lowest BCUT2D eigenvalue weighted by Crippen LogP contribution is -2.21. The molecule has 12 heavy (non-hydrogen) atoms. The zero-order chi connectivity index (χ0) is 8.97. The van der Waals surface area contributed by atoms with Gasteiger partial charge in [-0.25, -0.2) is 0 Å². The summed E-state index contributed by atoms with van der Waals surface area (Å²) >= 11 is 2.20. The Balaban J connectivity index is 2.64. The van der Waals surface area contributed by atoms with Gasteiger partial charge in [0.2, 0.25) is 5.91 Å². The van der Waals surface area contributed by atoms with Crippen LogP contribution in [0.4, 0.5) is 5.69 Å². The molecule has 0 aromatic heterocycles. The van der Waals surface area contributed by atoms with E-state index in [-0.39, 0.29) is 12.5 Å². The molecule has 3 nitrogen and oxygen atoms in total. The quantitative estimate of drug-likeness (QED) is 0.797. The summed E-state index contributed by atoms with van der Waals surface area (Å²) in [7, 11) is 0. The van der Waals surface area contributed by atoms with Crippen LogP contribution >= 0.6 is 22.6 Å². The van der Waals surface area contributed by atoms with Gasteiger partial charge in [0.25, 0.3) is 0 Å². The van der Waals surface area contributed by atoms with Gasteiger partial charge in [0.15, 0.2) is 0 Å². The molecule has 1 aromatic carbocycles. The van der Waals surface area contributed by atoms with E-state index in [1.54, 1.807) is 0 Å². The molecule has 64 valence electrons. The summed E-state index contributed by atoms with van der Waals surface area (Å²) in [6.45, 7) is 0.0198. The monoisotopic (exact) mass is 276 g/mol. The summed E-state index contributed by atoms with van der Waals surface area (Å²) in [5.41, 5.74) is 5.92. The van der Waals surface area contributed by atoms with Crippen molar-refractivity contribution in [1.29, 1.82) is 0 Å². The molecule has 0 radical (unpaired) electrons. The second-order valence-electron chi connectivity index (χ2n) is 2.26. The molecule has 1 amide bonds. The second-order valence-corrected chi connectivity index (χ2v) is 3.50. The van der Waals surface area contributed by atoms with E-state index in [0.29, 0.717) is 0 Å². The number of halogens is 1. The van der Waals surface area contributed by atoms with Gasteiger partial charge in [0.05, 0.1) is 6.54 Å². The van der Waals surface area contributed by atoms with Crippen molar-refractivity contribution >= 4 is 34.2 Å². The van der Waals surface area contributed by atoms with E-state index in [1.165, 1.54) is 0 Å². The standard InChI is InChI=1S/C8H9IN2O/c9-6-1-3-7(4-2-6)11-8(12)5-10/h1-4H,5,10H2,(H,11,12). The van der Waals surface area contributed by atoms with Crippen LogP contribution < -0.4 is 11.1 Å². The third-order valence-corrected chi connectivity index (χ3v) is 2.03. The van der Waals surface area contributed by atoms with E-state index >= 15 is 0 Å². The van der Waals surface area contributed by atoms with Gasteiger partial charge in [-0.15, -0.1) is 0 Å². The SMILES string of the molecule is NCC(=O)Nc1ccc(I)cc1. The molecule has 1 rings (SSSR count). The number of rotatable bonds is 2. The summed E-state index contributed by atoms with van der Waals surface area (Å²) in [5, 5.41) is 2.65. The molecule has 0 aliphatic heterocycles. The zero-order valence-electron chi connectivity index (χ0n) is 6.38. The van der Waals surface area contributed by atoms with Gasteiger partial charge in [-0.1, -0.05) is 0 Å². The van der Waals surface area contributed by atoms with E-state index in [1.807, 2.05) is 24.3 Å². The first-order valence-corrected chi connectivity index (χ1v) is 4.56. The molecule has 0 saturated heterocycles. The first-order valence-electron chi connectivity index (χ1n) is 3.48. The van der Waals surface area contributed by atoms with E-state index in [0.717, 1.165) is 9.26 Å². The molecule has 0 bridgehead atoms. The topological polar surface area (TPSA) is 55.1 Å². The lowest BCUT2D eigenvalue weighted by Gasteiger charge is -2.02. The van der Waals surface area contributed by atoms with Crippen molar-refractivity contribution in [3.63, 3.8) is 0 Å². The van der Waals surface area contributed by atoms with Crippen LogP contribution in [-0.2, 0) is 4.79 Å². The molecular formula is C8H9IN2O. The van der Waals surface area contributed by atoms with E-state index in [9.17, 15) is 4.79 Å². The molecule has 0 aliphatic rings. The minimum absolute atomic E-state index is 0.0198. The maximum Gasteiger partial charge on any atom is 0.238 e. The Kier molecular flexibility index (Phi) is 3.48. The van der Waals surface area contributed by atoms with Crippen molar-refractivity contribution in [2.24, 2.45) is 5.73 Å². The number of nitrogens with one attached hydrogen (secondary N) is 1.